The summed E-state index contributed by atoms with van der Waals surface area (Å²) in [5.74, 6) is -2.94. The maximum atomic E-state index is 11.6. The predicted molar refractivity (Wildman–Crippen MR) is 59.4 cm³/mol. The molecule has 0 bridgehead atoms. The monoisotopic (exact) mass is 322 g/mol. The number of carbonyl (C=O) groups is 2. The lowest BCUT2D eigenvalue weighted by Crippen LogP contribution is -2.41. The van der Waals surface area contributed by atoms with Crippen LogP contribution >= 0.6 is 15.9 Å². The molecule has 0 saturated carbocycles. The molecule has 0 unspecified atom stereocenters. The van der Waals surface area contributed by atoms with E-state index in [1.54, 1.807) is 0 Å². The standard InChI is InChI=1S/C8H7BrN2O5S/c9-5-1-3-6(4-2-5)17(15,16)11-8(13)7(12)10-14/h1-4,14H,(H,10,12)(H,11,13). The van der Waals surface area contributed by atoms with Crippen LogP contribution in [-0.4, -0.2) is 25.4 Å². The van der Waals surface area contributed by atoms with E-state index >= 15 is 0 Å². The molecular weight excluding hydrogens is 316 g/mol. The van der Waals surface area contributed by atoms with Gasteiger partial charge in [-0.25, -0.2) is 18.6 Å². The molecule has 0 aliphatic heterocycles. The summed E-state index contributed by atoms with van der Waals surface area (Å²) < 4.78 is 25.3. The maximum absolute atomic E-state index is 11.6. The number of hydrogen-bond acceptors (Lipinski definition) is 5. The predicted octanol–water partition coefficient (Wildman–Crippen LogP) is -0.241. The minimum Gasteiger partial charge on any atom is -0.288 e. The van der Waals surface area contributed by atoms with Crippen LogP contribution in [-0.2, 0) is 19.6 Å². The first-order valence-electron chi connectivity index (χ1n) is 4.13. The van der Waals surface area contributed by atoms with Gasteiger partial charge in [0.15, 0.2) is 0 Å². The quantitative estimate of drug-likeness (QED) is 0.395. The highest BCUT2D eigenvalue weighted by Crippen LogP contribution is 2.14. The number of benzene rings is 1. The van der Waals surface area contributed by atoms with Crippen LogP contribution in [0.25, 0.3) is 0 Å². The Bertz CT molecular complexity index is 540. The molecule has 0 heterocycles. The molecule has 17 heavy (non-hydrogen) atoms. The molecule has 1 aromatic rings. The Morgan fingerprint density at radius 2 is 1.65 bits per heavy atom. The third-order valence-electron chi connectivity index (χ3n) is 1.66. The van der Waals surface area contributed by atoms with E-state index in [4.69, 9.17) is 5.21 Å². The fourth-order valence-electron chi connectivity index (χ4n) is 0.892. The second-order valence-electron chi connectivity index (χ2n) is 2.83. The van der Waals surface area contributed by atoms with Gasteiger partial charge in [0.05, 0.1) is 4.90 Å². The van der Waals surface area contributed by atoms with Crippen LogP contribution in [0.1, 0.15) is 0 Å². The van der Waals surface area contributed by atoms with Crippen LogP contribution in [0.5, 0.6) is 0 Å². The van der Waals surface area contributed by atoms with Crippen molar-refractivity contribution in [1.82, 2.24) is 10.2 Å². The average Bonchev–Trinajstić information content (AvgIpc) is 2.27. The molecule has 0 aromatic heterocycles. The molecule has 0 saturated heterocycles. The van der Waals surface area contributed by atoms with Crippen molar-refractivity contribution in [1.29, 1.82) is 0 Å². The average molecular weight is 323 g/mol. The van der Waals surface area contributed by atoms with Crippen molar-refractivity contribution in [2.24, 2.45) is 0 Å². The van der Waals surface area contributed by atoms with Gasteiger partial charge in [0, 0.05) is 4.47 Å². The summed E-state index contributed by atoms with van der Waals surface area (Å²) in [4.78, 5) is 21.4. The van der Waals surface area contributed by atoms with Crippen molar-refractivity contribution in [3.8, 4) is 0 Å². The molecule has 3 N–H and O–H groups in total. The summed E-state index contributed by atoms with van der Waals surface area (Å²) in [6.45, 7) is 0. The van der Waals surface area contributed by atoms with Gasteiger partial charge in [-0.05, 0) is 24.3 Å². The number of sulfonamides is 1. The second kappa shape index (κ2) is 5.25. The van der Waals surface area contributed by atoms with Crippen LogP contribution in [0.15, 0.2) is 33.6 Å². The van der Waals surface area contributed by atoms with E-state index in [0.717, 1.165) is 5.48 Å². The summed E-state index contributed by atoms with van der Waals surface area (Å²) in [7, 11) is -4.12. The molecule has 7 nitrogen and oxygen atoms in total. The normalized spacial score (nSPS) is 10.7. The van der Waals surface area contributed by atoms with Gasteiger partial charge >= 0.3 is 11.8 Å². The van der Waals surface area contributed by atoms with Crippen LogP contribution in [0.4, 0.5) is 0 Å². The van der Waals surface area contributed by atoms with Crippen molar-refractivity contribution < 1.29 is 23.2 Å². The minimum atomic E-state index is -4.12. The number of rotatable bonds is 2. The van der Waals surface area contributed by atoms with Crippen LogP contribution < -0.4 is 10.2 Å². The number of amides is 2. The molecule has 0 aliphatic rings. The number of hydroxylamine groups is 1. The van der Waals surface area contributed by atoms with E-state index in [9.17, 15) is 18.0 Å². The van der Waals surface area contributed by atoms with E-state index in [0.29, 0.717) is 4.47 Å². The Morgan fingerprint density at radius 1 is 1.12 bits per heavy atom. The smallest absolute Gasteiger partial charge is 0.288 e. The van der Waals surface area contributed by atoms with Crippen molar-refractivity contribution in [2.75, 3.05) is 0 Å². The maximum Gasteiger partial charge on any atom is 0.333 e. The SMILES string of the molecule is O=C(NO)C(=O)NS(=O)(=O)c1ccc(Br)cc1. The summed E-state index contributed by atoms with van der Waals surface area (Å²) >= 11 is 3.12. The first kappa shape index (κ1) is 13.6. The summed E-state index contributed by atoms with van der Waals surface area (Å²) in [6.07, 6.45) is 0. The van der Waals surface area contributed by atoms with Gasteiger partial charge in [0.1, 0.15) is 0 Å². The zero-order valence-corrected chi connectivity index (χ0v) is 10.6. The minimum absolute atomic E-state index is 0.181. The highest BCUT2D eigenvalue weighted by atomic mass is 79.9. The fraction of sp³-hybridized carbons (Fsp3) is 0. The Kier molecular flexibility index (Phi) is 4.21. The topological polar surface area (TPSA) is 113 Å². The highest BCUT2D eigenvalue weighted by Gasteiger charge is 2.22. The largest absolute Gasteiger partial charge is 0.333 e. The molecule has 0 atom stereocenters. The number of nitrogens with one attached hydrogen (secondary N) is 2. The Labute approximate surface area is 105 Å². The molecule has 9 heteroatoms. The molecule has 0 spiro atoms. The molecule has 0 radical (unpaired) electrons. The summed E-state index contributed by atoms with van der Waals surface area (Å²) in [5, 5.41) is 8.15. The van der Waals surface area contributed by atoms with Gasteiger partial charge in [-0.2, -0.15) is 0 Å². The Hall–Kier alpha value is -1.45. The van der Waals surface area contributed by atoms with Gasteiger partial charge in [0.2, 0.25) is 0 Å². The van der Waals surface area contributed by atoms with Gasteiger partial charge in [-0.1, -0.05) is 15.9 Å². The van der Waals surface area contributed by atoms with Crippen molar-refractivity contribution in [2.45, 2.75) is 4.90 Å². The molecule has 0 fully saturated rings. The van der Waals surface area contributed by atoms with Crippen LogP contribution in [0.3, 0.4) is 0 Å². The third-order valence-corrected chi connectivity index (χ3v) is 3.53. The van der Waals surface area contributed by atoms with Crippen molar-refractivity contribution >= 4 is 37.8 Å². The van der Waals surface area contributed by atoms with E-state index < -0.39 is 21.8 Å². The van der Waals surface area contributed by atoms with E-state index in [1.807, 2.05) is 0 Å². The molecule has 92 valence electrons. The molecular formula is C8H7BrN2O5S. The van der Waals surface area contributed by atoms with E-state index in [1.165, 1.54) is 29.0 Å². The third kappa shape index (κ3) is 3.51. The van der Waals surface area contributed by atoms with Gasteiger partial charge in [-0.15, -0.1) is 0 Å². The zero-order valence-electron chi connectivity index (χ0n) is 8.18. The molecule has 0 aliphatic carbocycles. The van der Waals surface area contributed by atoms with Gasteiger partial charge in [0.25, 0.3) is 10.0 Å². The first-order chi connectivity index (χ1) is 7.86. The van der Waals surface area contributed by atoms with Crippen molar-refractivity contribution in [3.63, 3.8) is 0 Å². The molecule has 1 aromatic carbocycles. The van der Waals surface area contributed by atoms with E-state index in [-0.39, 0.29) is 4.90 Å². The fourth-order valence-corrected chi connectivity index (χ4v) is 2.11. The number of hydrogen-bond donors (Lipinski definition) is 3. The van der Waals surface area contributed by atoms with Crippen LogP contribution in [0, 0.1) is 0 Å². The Balaban J connectivity index is 2.93. The lowest BCUT2D eigenvalue weighted by atomic mass is 10.4. The molecule has 1 rings (SSSR count). The number of carbonyl (C=O) groups excluding carboxylic acids is 2. The first-order valence-corrected chi connectivity index (χ1v) is 6.41. The highest BCUT2D eigenvalue weighted by molar-refractivity contribution is 9.10. The Morgan fingerprint density at radius 3 is 2.12 bits per heavy atom. The molecule has 2 amide bonds. The van der Waals surface area contributed by atoms with Crippen LogP contribution in [0.2, 0.25) is 0 Å². The van der Waals surface area contributed by atoms with E-state index in [2.05, 4.69) is 15.9 Å². The van der Waals surface area contributed by atoms with Crippen molar-refractivity contribution in [3.05, 3.63) is 28.7 Å². The summed E-state index contributed by atoms with van der Waals surface area (Å²) in [5.41, 5.74) is 1.02. The number of halogens is 1. The lowest BCUT2D eigenvalue weighted by molar-refractivity contribution is -0.143. The zero-order chi connectivity index (χ0) is 13.1. The lowest BCUT2D eigenvalue weighted by Gasteiger charge is -2.05. The van der Waals surface area contributed by atoms with Gasteiger partial charge in [-0.3, -0.25) is 14.8 Å². The van der Waals surface area contributed by atoms with Gasteiger partial charge < -0.3 is 0 Å². The second-order valence-corrected chi connectivity index (χ2v) is 5.43. The summed E-state index contributed by atoms with van der Waals surface area (Å²) in [6, 6.07) is 5.42.